The molecule has 0 aliphatic rings. The molecule has 2 rings (SSSR count). The van der Waals surface area contributed by atoms with Gasteiger partial charge in [0.2, 0.25) is 0 Å². The summed E-state index contributed by atoms with van der Waals surface area (Å²) < 4.78 is 1.80. The molecule has 16 heavy (non-hydrogen) atoms. The van der Waals surface area contributed by atoms with Crippen molar-refractivity contribution >= 4 is 23.2 Å². The lowest BCUT2D eigenvalue weighted by Crippen LogP contribution is -2.12. The Kier molecular flexibility index (Phi) is 2.83. The van der Waals surface area contributed by atoms with Crippen molar-refractivity contribution in [2.24, 2.45) is 5.92 Å². The van der Waals surface area contributed by atoms with Crippen LogP contribution in [0.4, 0.5) is 0 Å². The van der Waals surface area contributed by atoms with Crippen molar-refractivity contribution in [3.8, 4) is 0 Å². The predicted octanol–water partition coefficient (Wildman–Crippen LogP) is 2.25. The Morgan fingerprint density at radius 1 is 1.69 bits per heavy atom. The lowest BCUT2D eigenvalue weighted by Gasteiger charge is -2.01. The van der Waals surface area contributed by atoms with E-state index >= 15 is 0 Å². The minimum absolute atomic E-state index is 0.410. The molecule has 5 heteroatoms. The maximum atomic E-state index is 10.7. The van der Waals surface area contributed by atoms with Gasteiger partial charge in [-0.2, -0.15) is 0 Å². The lowest BCUT2D eigenvalue weighted by molar-refractivity contribution is -0.141. The molecular formula is C11H11ClN2O2. The molecule has 0 radical (unpaired) electrons. The zero-order valence-corrected chi connectivity index (χ0v) is 9.48. The zero-order valence-electron chi connectivity index (χ0n) is 8.72. The fourth-order valence-corrected chi connectivity index (χ4v) is 1.74. The van der Waals surface area contributed by atoms with Gasteiger partial charge in [0.25, 0.3) is 0 Å². The average molecular weight is 239 g/mol. The summed E-state index contributed by atoms with van der Waals surface area (Å²) in [5, 5.41) is 9.38. The Morgan fingerprint density at radius 3 is 3.06 bits per heavy atom. The van der Waals surface area contributed by atoms with Crippen molar-refractivity contribution in [2.75, 3.05) is 0 Å². The second-order valence-electron chi connectivity index (χ2n) is 3.76. The third-order valence-electron chi connectivity index (χ3n) is 2.42. The van der Waals surface area contributed by atoms with Gasteiger partial charge in [0.15, 0.2) is 5.65 Å². The standard InChI is InChI=1S/C11H11ClN2O2/c1-7(11(15)16)5-8-6-14-4-2-3-9(12)10(14)13-8/h2-4,6-7H,5H2,1H3,(H,15,16). The molecule has 4 nitrogen and oxygen atoms in total. The van der Waals surface area contributed by atoms with E-state index in [1.807, 2.05) is 12.3 Å². The van der Waals surface area contributed by atoms with E-state index in [1.165, 1.54) is 0 Å². The number of carbonyl (C=O) groups is 1. The van der Waals surface area contributed by atoms with Crippen LogP contribution in [0.15, 0.2) is 24.5 Å². The van der Waals surface area contributed by atoms with E-state index in [9.17, 15) is 4.79 Å². The van der Waals surface area contributed by atoms with Crippen molar-refractivity contribution in [1.29, 1.82) is 0 Å². The van der Waals surface area contributed by atoms with Gasteiger partial charge in [-0.25, -0.2) is 4.98 Å². The number of aliphatic carboxylic acids is 1. The largest absolute Gasteiger partial charge is 0.481 e. The van der Waals surface area contributed by atoms with Crippen LogP contribution in [0.25, 0.3) is 5.65 Å². The number of carboxylic acids is 1. The Balaban J connectivity index is 2.33. The topological polar surface area (TPSA) is 54.6 Å². The molecule has 0 aliphatic carbocycles. The van der Waals surface area contributed by atoms with Crippen LogP contribution in [0.1, 0.15) is 12.6 Å². The quantitative estimate of drug-likeness (QED) is 0.892. The van der Waals surface area contributed by atoms with Crippen LogP contribution >= 0.6 is 11.6 Å². The molecule has 0 amide bonds. The van der Waals surface area contributed by atoms with Crippen LogP contribution in [0.2, 0.25) is 5.02 Å². The van der Waals surface area contributed by atoms with Crippen LogP contribution in [-0.2, 0) is 11.2 Å². The highest BCUT2D eigenvalue weighted by atomic mass is 35.5. The number of hydrogen-bond donors (Lipinski definition) is 1. The summed E-state index contributed by atoms with van der Waals surface area (Å²) in [4.78, 5) is 15.0. The number of hydrogen-bond acceptors (Lipinski definition) is 2. The van der Waals surface area contributed by atoms with Crippen LogP contribution in [0, 0.1) is 5.92 Å². The third kappa shape index (κ3) is 2.02. The van der Waals surface area contributed by atoms with Gasteiger partial charge in [-0.1, -0.05) is 18.5 Å². The average Bonchev–Trinajstić information content (AvgIpc) is 2.61. The smallest absolute Gasteiger partial charge is 0.306 e. The van der Waals surface area contributed by atoms with E-state index in [-0.39, 0.29) is 0 Å². The first-order chi connectivity index (χ1) is 7.58. The number of imidazole rings is 1. The van der Waals surface area contributed by atoms with Gasteiger partial charge in [-0.15, -0.1) is 0 Å². The fourth-order valence-electron chi connectivity index (χ4n) is 1.53. The SMILES string of the molecule is CC(Cc1cn2cccc(Cl)c2n1)C(=O)O. The first-order valence-corrected chi connectivity index (χ1v) is 5.30. The van der Waals surface area contributed by atoms with Crippen molar-refractivity contribution in [3.63, 3.8) is 0 Å². The molecule has 2 heterocycles. The second-order valence-corrected chi connectivity index (χ2v) is 4.17. The van der Waals surface area contributed by atoms with Gasteiger partial charge in [-0.05, 0) is 12.1 Å². The predicted molar refractivity (Wildman–Crippen MR) is 60.7 cm³/mol. The third-order valence-corrected chi connectivity index (χ3v) is 2.72. The maximum absolute atomic E-state index is 10.7. The molecule has 2 aromatic heterocycles. The number of aromatic nitrogens is 2. The fraction of sp³-hybridized carbons (Fsp3) is 0.273. The van der Waals surface area contributed by atoms with Crippen molar-refractivity contribution < 1.29 is 9.90 Å². The molecular weight excluding hydrogens is 228 g/mol. The van der Waals surface area contributed by atoms with Crippen molar-refractivity contribution in [3.05, 3.63) is 35.2 Å². The molecule has 2 aromatic rings. The van der Waals surface area contributed by atoms with E-state index in [4.69, 9.17) is 16.7 Å². The Bertz CT molecular complexity index is 536. The van der Waals surface area contributed by atoms with Crippen molar-refractivity contribution in [1.82, 2.24) is 9.38 Å². The molecule has 1 N–H and O–H groups in total. The molecule has 0 saturated carbocycles. The zero-order chi connectivity index (χ0) is 11.7. The maximum Gasteiger partial charge on any atom is 0.306 e. The van der Waals surface area contributed by atoms with Gasteiger partial charge in [0, 0.05) is 18.8 Å². The van der Waals surface area contributed by atoms with Crippen LogP contribution < -0.4 is 0 Å². The highest BCUT2D eigenvalue weighted by Gasteiger charge is 2.14. The highest BCUT2D eigenvalue weighted by molar-refractivity contribution is 6.33. The van der Waals surface area contributed by atoms with E-state index < -0.39 is 11.9 Å². The first kappa shape index (κ1) is 11.0. The molecule has 1 atom stereocenters. The summed E-state index contributed by atoms with van der Waals surface area (Å²) in [7, 11) is 0. The van der Waals surface area contributed by atoms with E-state index in [0.717, 1.165) is 5.69 Å². The summed E-state index contributed by atoms with van der Waals surface area (Å²) in [6.07, 6.45) is 4.05. The number of halogens is 1. The number of carboxylic acid groups (broad SMARTS) is 1. The van der Waals surface area contributed by atoms with Crippen LogP contribution in [0.5, 0.6) is 0 Å². The number of pyridine rings is 1. The van der Waals surface area contributed by atoms with Gasteiger partial charge in [-0.3, -0.25) is 4.79 Å². The monoisotopic (exact) mass is 238 g/mol. The number of nitrogens with zero attached hydrogens (tertiary/aromatic N) is 2. The molecule has 0 aromatic carbocycles. The summed E-state index contributed by atoms with van der Waals surface area (Å²) in [5.74, 6) is -1.26. The van der Waals surface area contributed by atoms with Gasteiger partial charge in [0.05, 0.1) is 16.6 Å². The molecule has 0 aliphatic heterocycles. The minimum Gasteiger partial charge on any atom is -0.481 e. The molecule has 0 saturated heterocycles. The Morgan fingerprint density at radius 2 is 2.44 bits per heavy atom. The molecule has 0 spiro atoms. The summed E-state index contributed by atoms with van der Waals surface area (Å²) in [5.41, 5.74) is 1.40. The molecule has 0 fully saturated rings. The highest BCUT2D eigenvalue weighted by Crippen LogP contribution is 2.17. The lowest BCUT2D eigenvalue weighted by atomic mass is 10.1. The Labute approximate surface area is 97.5 Å². The number of fused-ring (bicyclic) bond motifs is 1. The Hall–Kier alpha value is -1.55. The van der Waals surface area contributed by atoms with E-state index in [2.05, 4.69) is 4.98 Å². The summed E-state index contributed by atoms with van der Waals surface area (Å²) in [6, 6.07) is 3.58. The second kappa shape index (κ2) is 4.14. The molecule has 84 valence electrons. The molecule has 0 bridgehead atoms. The van der Waals surface area contributed by atoms with Crippen LogP contribution in [0.3, 0.4) is 0 Å². The first-order valence-electron chi connectivity index (χ1n) is 4.93. The van der Waals surface area contributed by atoms with E-state index in [0.29, 0.717) is 17.1 Å². The van der Waals surface area contributed by atoms with Crippen LogP contribution in [-0.4, -0.2) is 20.5 Å². The summed E-state index contributed by atoms with van der Waals surface area (Å²) >= 11 is 5.97. The van der Waals surface area contributed by atoms with Crippen molar-refractivity contribution in [2.45, 2.75) is 13.3 Å². The molecule has 1 unspecified atom stereocenters. The normalized spacial score (nSPS) is 12.9. The number of rotatable bonds is 3. The minimum atomic E-state index is -0.817. The van der Waals surface area contributed by atoms with Gasteiger partial charge < -0.3 is 9.51 Å². The van der Waals surface area contributed by atoms with E-state index in [1.54, 1.807) is 23.6 Å². The summed E-state index contributed by atoms with van der Waals surface area (Å²) in [6.45, 7) is 1.66. The van der Waals surface area contributed by atoms with Gasteiger partial charge in [0.1, 0.15) is 0 Å². The van der Waals surface area contributed by atoms with Gasteiger partial charge >= 0.3 is 5.97 Å².